The van der Waals surface area contributed by atoms with Gasteiger partial charge in [0.15, 0.2) is 0 Å². The van der Waals surface area contributed by atoms with Gasteiger partial charge in [-0.05, 0) is 60.9 Å². The second kappa shape index (κ2) is 9.84. The average Bonchev–Trinajstić information content (AvgIpc) is 3.20. The molecule has 1 N–H and O–H groups in total. The molecule has 1 heterocycles. The highest BCUT2D eigenvalue weighted by atomic mass is 19.1. The number of amides is 1. The summed E-state index contributed by atoms with van der Waals surface area (Å²) in [5.74, 6) is -1.00. The lowest BCUT2D eigenvalue weighted by molar-refractivity contribution is -0.137. The number of ether oxygens (including phenoxy) is 1. The molecule has 0 aliphatic carbocycles. The molecule has 0 aliphatic rings. The van der Waals surface area contributed by atoms with Crippen molar-refractivity contribution >= 4 is 23.6 Å². The van der Waals surface area contributed by atoms with Crippen LogP contribution in [-0.2, 0) is 9.53 Å². The van der Waals surface area contributed by atoms with Crippen molar-refractivity contribution in [2.24, 2.45) is 0 Å². The molecule has 0 spiro atoms. The zero-order valence-electron chi connectivity index (χ0n) is 17.6. The largest absolute Gasteiger partial charge is 0.463 e. The number of rotatable bonds is 7. The highest BCUT2D eigenvalue weighted by molar-refractivity contribution is 6.05. The van der Waals surface area contributed by atoms with E-state index in [2.05, 4.69) is 10.4 Å². The number of carbonyl (C=O) groups is 2. The predicted octanol–water partition coefficient (Wildman–Crippen LogP) is 4.96. The van der Waals surface area contributed by atoms with E-state index >= 15 is 0 Å². The molecule has 2 aromatic carbocycles. The van der Waals surface area contributed by atoms with Crippen molar-refractivity contribution in [1.82, 2.24) is 9.78 Å². The molecule has 0 aliphatic heterocycles. The summed E-state index contributed by atoms with van der Waals surface area (Å²) in [5, 5.41) is 7.22. The fraction of sp³-hybridized carbons (Fsp3) is 0.208. The highest BCUT2D eigenvalue weighted by Gasteiger charge is 2.21. The van der Waals surface area contributed by atoms with E-state index < -0.39 is 5.97 Å². The van der Waals surface area contributed by atoms with Gasteiger partial charge in [-0.1, -0.05) is 26.0 Å². The zero-order valence-corrected chi connectivity index (χ0v) is 17.6. The molecule has 1 amide bonds. The Labute approximate surface area is 180 Å². The predicted molar refractivity (Wildman–Crippen MR) is 118 cm³/mol. The maximum atomic E-state index is 13.3. The van der Waals surface area contributed by atoms with Gasteiger partial charge in [0.05, 0.1) is 29.7 Å². The molecule has 0 saturated carbocycles. The van der Waals surface area contributed by atoms with Crippen LogP contribution < -0.4 is 5.32 Å². The van der Waals surface area contributed by atoms with Crippen LogP contribution in [-0.4, -0.2) is 28.3 Å². The van der Waals surface area contributed by atoms with Gasteiger partial charge in [-0.2, -0.15) is 5.10 Å². The number of aromatic nitrogens is 2. The van der Waals surface area contributed by atoms with Gasteiger partial charge in [-0.3, -0.25) is 4.79 Å². The standard InChI is InChI=1S/C24H24FN3O3/c1-4-31-22(29)14-7-17-5-10-19(11-6-17)27-24(30)21-15-26-28(23(21)16(2)3)20-12-8-18(25)9-13-20/h5-16H,4H2,1-3H3,(H,27,30)/b14-7+. The average molecular weight is 421 g/mol. The number of anilines is 1. The van der Waals surface area contributed by atoms with E-state index in [0.29, 0.717) is 23.5 Å². The molecule has 0 atom stereocenters. The van der Waals surface area contributed by atoms with Crippen LogP contribution >= 0.6 is 0 Å². The Bertz CT molecular complexity index is 1080. The monoisotopic (exact) mass is 421 g/mol. The van der Waals surface area contributed by atoms with Crippen LogP contribution in [0.25, 0.3) is 11.8 Å². The SMILES string of the molecule is CCOC(=O)/C=C/c1ccc(NC(=O)c2cnn(-c3ccc(F)cc3)c2C(C)C)cc1. The van der Waals surface area contributed by atoms with Gasteiger partial charge in [0.2, 0.25) is 0 Å². The van der Waals surface area contributed by atoms with Crippen molar-refractivity contribution in [2.45, 2.75) is 26.7 Å². The van der Waals surface area contributed by atoms with Crippen molar-refractivity contribution in [3.8, 4) is 5.69 Å². The first kappa shape index (κ1) is 22.0. The van der Waals surface area contributed by atoms with E-state index in [1.807, 2.05) is 13.8 Å². The molecular weight excluding hydrogens is 397 g/mol. The van der Waals surface area contributed by atoms with Crippen LogP contribution in [0.15, 0.2) is 60.8 Å². The number of carbonyl (C=O) groups excluding carboxylic acids is 2. The first-order valence-corrected chi connectivity index (χ1v) is 9.99. The van der Waals surface area contributed by atoms with Crippen molar-refractivity contribution in [3.05, 3.63) is 83.4 Å². The zero-order chi connectivity index (χ0) is 22.4. The van der Waals surface area contributed by atoms with Crippen molar-refractivity contribution in [2.75, 3.05) is 11.9 Å². The normalized spacial score (nSPS) is 11.1. The van der Waals surface area contributed by atoms with Crippen LogP contribution in [0.3, 0.4) is 0 Å². The summed E-state index contributed by atoms with van der Waals surface area (Å²) in [6.45, 7) is 6.01. The fourth-order valence-corrected chi connectivity index (χ4v) is 3.11. The van der Waals surface area contributed by atoms with Crippen LogP contribution in [0.2, 0.25) is 0 Å². The van der Waals surface area contributed by atoms with Gasteiger partial charge in [-0.15, -0.1) is 0 Å². The van der Waals surface area contributed by atoms with Gasteiger partial charge < -0.3 is 10.1 Å². The fourth-order valence-electron chi connectivity index (χ4n) is 3.11. The Morgan fingerprint density at radius 2 is 1.81 bits per heavy atom. The number of halogens is 1. The van der Waals surface area contributed by atoms with Gasteiger partial charge in [-0.25, -0.2) is 13.9 Å². The molecular formula is C24H24FN3O3. The smallest absolute Gasteiger partial charge is 0.330 e. The van der Waals surface area contributed by atoms with Crippen LogP contribution in [0.5, 0.6) is 0 Å². The minimum Gasteiger partial charge on any atom is -0.463 e. The molecule has 3 rings (SSSR count). The highest BCUT2D eigenvalue weighted by Crippen LogP contribution is 2.24. The second-order valence-electron chi connectivity index (χ2n) is 7.15. The van der Waals surface area contributed by atoms with Gasteiger partial charge in [0, 0.05) is 11.8 Å². The number of esters is 1. The molecule has 6 nitrogen and oxygen atoms in total. The lowest BCUT2D eigenvalue weighted by atomic mass is 10.0. The first-order valence-electron chi connectivity index (χ1n) is 9.99. The Morgan fingerprint density at radius 1 is 1.13 bits per heavy atom. The molecule has 1 aromatic heterocycles. The summed E-state index contributed by atoms with van der Waals surface area (Å²) in [5.41, 5.74) is 3.28. The number of hydrogen-bond donors (Lipinski definition) is 1. The van der Waals surface area contributed by atoms with Gasteiger partial charge in [0.25, 0.3) is 5.91 Å². The summed E-state index contributed by atoms with van der Waals surface area (Å²) < 4.78 is 19.8. The van der Waals surface area contributed by atoms with E-state index in [0.717, 1.165) is 11.3 Å². The Hall–Kier alpha value is -3.74. The molecule has 0 fully saturated rings. The van der Waals surface area contributed by atoms with Gasteiger partial charge >= 0.3 is 5.97 Å². The van der Waals surface area contributed by atoms with Crippen LogP contribution in [0.4, 0.5) is 10.1 Å². The van der Waals surface area contributed by atoms with Gasteiger partial charge in [0.1, 0.15) is 5.82 Å². The minimum absolute atomic E-state index is 0.0173. The summed E-state index contributed by atoms with van der Waals surface area (Å²) in [4.78, 5) is 24.3. The van der Waals surface area contributed by atoms with E-state index in [-0.39, 0.29) is 17.6 Å². The number of benzene rings is 2. The molecule has 7 heteroatoms. The quantitative estimate of drug-likeness (QED) is 0.432. The van der Waals surface area contributed by atoms with Crippen LogP contribution in [0, 0.1) is 5.82 Å². The lowest BCUT2D eigenvalue weighted by Crippen LogP contribution is -2.15. The molecule has 0 bridgehead atoms. The van der Waals surface area contributed by atoms with Crippen molar-refractivity contribution < 1.29 is 18.7 Å². The molecule has 0 unspecified atom stereocenters. The number of nitrogens with one attached hydrogen (secondary N) is 1. The van der Waals surface area contributed by atoms with E-state index in [1.54, 1.807) is 54.1 Å². The number of nitrogens with zero attached hydrogens (tertiary/aromatic N) is 2. The maximum Gasteiger partial charge on any atom is 0.330 e. The molecule has 160 valence electrons. The summed E-state index contributed by atoms with van der Waals surface area (Å²) in [6, 6.07) is 13.0. The second-order valence-corrected chi connectivity index (χ2v) is 7.15. The third kappa shape index (κ3) is 5.45. The van der Waals surface area contributed by atoms with E-state index in [1.165, 1.54) is 24.4 Å². The summed E-state index contributed by atoms with van der Waals surface area (Å²) >= 11 is 0. The number of hydrogen-bond acceptors (Lipinski definition) is 4. The Morgan fingerprint density at radius 3 is 2.42 bits per heavy atom. The topological polar surface area (TPSA) is 73.2 Å². The lowest BCUT2D eigenvalue weighted by Gasteiger charge is -2.13. The molecule has 0 saturated heterocycles. The summed E-state index contributed by atoms with van der Waals surface area (Å²) in [6.07, 6.45) is 4.52. The third-order valence-electron chi connectivity index (χ3n) is 4.54. The van der Waals surface area contributed by atoms with Crippen molar-refractivity contribution in [1.29, 1.82) is 0 Å². The Kier molecular flexibility index (Phi) is 6.97. The Balaban J connectivity index is 1.77. The third-order valence-corrected chi connectivity index (χ3v) is 4.54. The van der Waals surface area contributed by atoms with Crippen LogP contribution in [0.1, 0.15) is 48.3 Å². The van der Waals surface area contributed by atoms with E-state index in [9.17, 15) is 14.0 Å². The summed E-state index contributed by atoms with van der Waals surface area (Å²) in [7, 11) is 0. The minimum atomic E-state index is -0.403. The van der Waals surface area contributed by atoms with E-state index in [4.69, 9.17) is 4.74 Å². The maximum absolute atomic E-state index is 13.3. The van der Waals surface area contributed by atoms with Crippen molar-refractivity contribution in [3.63, 3.8) is 0 Å². The molecule has 0 radical (unpaired) electrons. The first-order chi connectivity index (χ1) is 14.9. The molecule has 3 aromatic rings. The molecule has 31 heavy (non-hydrogen) atoms.